The Balaban J connectivity index is 2.04. The fourth-order valence-corrected chi connectivity index (χ4v) is 2.00. The Morgan fingerprint density at radius 3 is 2.70 bits per heavy atom. The number of aliphatic hydroxyl groups is 1. The van der Waals surface area contributed by atoms with Crippen molar-refractivity contribution < 1.29 is 9.84 Å². The van der Waals surface area contributed by atoms with Gasteiger partial charge in [-0.05, 0) is 32.4 Å². The van der Waals surface area contributed by atoms with Gasteiger partial charge in [0.1, 0.15) is 12.4 Å². The van der Waals surface area contributed by atoms with Crippen LogP contribution >= 0.6 is 0 Å². The van der Waals surface area contributed by atoms with Crippen LogP contribution in [0.2, 0.25) is 0 Å². The van der Waals surface area contributed by atoms with Crippen LogP contribution in [0.5, 0.6) is 5.75 Å². The topological polar surface area (TPSA) is 47.3 Å². The zero-order chi connectivity index (χ0) is 14.5. The van der Waals surface area contributed by atoms with Gasteiger partial charge >= 0.3 is 0 Å². The van der Waals surface area contributed by atoms with Crippen molar-refractivity contribution in [2.45, 2.75) is 45.9 Å². The number of ether oxygens (including phenoxy) is 1. The number of rotatable bonds is 6. The lowest BCUT2D eigenvalue weighted by Gasteiger charge is -2.12. The zero-order valence-corrected chi connectivity index (χ0v) is 12.3. The van der Waals surface area contributed by atoms with Crippen molar-refractivity contribution in [3.63, 3.8) is 0 Å². The van der Waals surface area contributed by atoms with Gasteiger partial charge in [0.15, 0.2) is 0 Å². The van der Waals surface area contributed by atoms with Crippen molar-refractivity contribution in [3.05, 3.63) is 47.8 Å². The Labute approximate surface area is 120 Å². The van der Waals surface area contributed by atoms with Crippen LogP contribution in [0.3, 0.4) is 0 Å². The molecule has 1 aromatic heterocycles. The smallest absolute Gasteiger partial charge is 0.132 e. The summed E-state index contributed by atoms with van der Waals surface area (Å²) in [7, 11) is 0. The van der Waals surface area contributed by atoms with Crippen molar-refractivity contribution in [3.8, 4) is 5.75 Å². The Morgan fingerprint density at radius 1 is 1.25 bits per heavy atom. The predicted octanol–water partition coefficient (Wildman–Crippen LogP) is 3.49. The van der Waals surface area contributed by atoms with Crippen LogP contribution in [0.15, 0.2) is 36.5 Å². The molecule has 0 aliphatic heterocycles. The van der Waals surface area contributed by atoms with E-state index in [1.807, 2.05) is 41.2 Å². The molecule has 0 saturated carbocycles. The minimum Gasteiger partial charge on any atom is -0.487 e. The third-order valence-electron chi connectivity index (χ3n) is 3.45. The highest BCUT2D eigenvalue weighted by Gasteiger charge is 2.09. The molecule has 4 nitrogen and oxygen atoms in total. The first-order valence-electron chi connectivity index (χ1n) is 7.05. The van der Waals surface area contributed by atoms with Crippen molar-refractivity contribution in [2.75, 3.05) is 0 Å². The molecule has 0 saturated heterocycles. The molecule has 0 bridgehead atoms. The van der Waals surface area contributed by atoms with E-state index >= 15 is 0 Å². The summed E-state index contributed by atoms with van der Waals surface area (Å²) >= 11 is 0. The molecule has 1 N–H and O–H groups in total. The molecule has 0 fully saturated rings. The van der Waals surface area contributed by atoms with Gasteiger partial charge in [0.05, 0.1) is 11.8 Å². The molecular weight excluding hydrogens is 252 g/mol. The third kappa shape index (κ3) is 3.39. The van der Waals surface area contributed by atoms with Gasteiger partial charge in [-0.25, -0.2) is 0 Å². The first-order chi connectivity index (χ1) is 9.61. The van der Waals surface area contributed by atoms with Crippen molar-refractivity contribution >= 4 is 0 Å². The highest BCUT2D eigenvalue weighted by molar-refractivity contribution is 5.34. The second-order valence-electron chi connectivity index (χ2n) is 5.05. The summed E-state index contributed by atoms with van der Waals surface area (Å²) in [4.78, 5) is 0. The highest BCUT2D eigenvalue weighted by atomic mass is 16.5. The van der Waals surface area contributed by atoms with Crippen LogP contribution in [0.4, 0.5) is 0 Å². The molecule has 1 aromatic carbocycles. The summed E-state index contributed by atoms with van der Waals surface area (Å²) in [6, 6.07) is 9.90. The van der Waals surface area contributed by atoms with E-state index < -0.39 is 6.10 Å². The summed E-state index contributed by atoms with van der Waals surface area (Å²) in [5.74, 6) is 0.709. The maximum Gasteiger partial charge on any atom is 0.132 e. The van der Waals surface area contributed by atoms with Crippen molar-refractivity contribution in [1.82, 2.24) is 9.78 Å². The fourth-order valence-electron chi connectivity index (χ4n) is 2.00. The van der Waals surface area contributed by atoms with Gasteiger partial charge < -0.3 is 9.84 Å². The van der Waals surface area contributed by atoms with E-state index in [2.05, 4.69) is 18.9 Å². The van der Waals surface area contributed by atoms with Gasteiger partial charge in [-0.3, -0.25) is 4.68 Å². The van der Waals surface area contributed by atoms with Gasteiger partial charge in [-0.1, -0.05) is 25.1 Å². The molecule has 0 aliphatic carbocycles. The average Bonchev–Trinajstić information content (AvgIpc) is 2.93. The Morgan fingerprint density at radius 2 is 2.00 bits per heavy atom. The maximum atomic E-state index is 9.71. The van der Waals surface area contributed by atoms with Gasteiger partial charge in [0.2, 0.25) is 0 Å². The molecular formula is C16H22N2O2. The summed E-state index contributed by atoms with van der Waals surface area (Å²) in [5, 5.41) is 14.2. The lowest BCUT2D eigenvalue weighted by atomic mass is 10.1. The van der Waals surface area contributed by atoms with E-state index in [0.717, 1.165) is 17.7 Å². The minimum absolute atomic E-state index is 0.397. The van der Waals surface area contributed by atoms with Gasteiger partial charge in [-0.15, -0.1) is 0 Å². The molecule has 0 radical (unpaired) electrons. The van der Waals surface area contributed by atoms with E-state index in [9.17, 15) is 5.11 Å². The maximum absolute atomic E-state index is 9.71. The fraction of sp³-hybridized carbons (Fsp3) is 0.438. The van der Waals surface area contributed by atoms with Gasteiger partial charge in [-0.2, -0.15) is 5.10 Å². The van der Waals surface area contributed by atoms with Crippen LogP contribution in [-0.2, 0) is 6.61 Å². The van der Waals surface area contributed by atoms with Crippen LogP contribution in [-0.4, -0.2) is 14.9 Å². The van der Waals surface area contributed by atoms with E-state index in [1.165, 1.54) is 0 Å². The summed E-state index contributed by atoms with van der Waals surface area (Å²) in [5.41, 5.74) is 1.69. The average molecular weight is 274 g/mol. The number of hydrogen-bond acceptors (Lipinski definition) is 3. The number of para-hydroxylation sites is 1. The lowest BCUT2D eigenvalue weighted by Crippen LogP contribution is -2.06. The van der Waals surface area contributed by atoms with E-state index in [1.54, 1.807) is 6.92 Å². The first-order valence-corrected chi connectivity index (χ1v) is 7.05. The Hall–Kier alpha value is -1.81. The van der Waals surface area contributed by atoms with Gasteiger partial charge in [0.25, 0.3) is 0 Å². The SMILES string of the molecule is CCC(C)n1ccc(COc2ccccc2C(C)O)n1. The number of hydrogen-bond donors (Lipinski definition) is 1. The third-order valence-corrected chi connectivity index (χ3v) is 3.45. The number of aromatic nitrogens is 2. The van der Waals surface area contributed by atoms with Gasteiger partial charge in [0, 0.05) is 17.8 Å². The second kappa shape index (κ2) is 6.57. The molecule has 20 heavy (non-hydrogen) atoms. The Bertz CT molecular complexity index is 549. The first kappa shape index (κ1) is 14.6. The molecule has 1 heterocycles. The largest absolute Gasteiger partial charge is 0.487 e. The zero-order valence-electron chi connectivity index (χ0n) is 12.3. The molecule has 2 atom stereocenters. The van der Waals surface area contributed by atoms with Crippen molar-refractivity contribution in [2.24, 2.45) is 0 Å². The normalized spacial score (nSPS) is 14.0. The molecule has 0 aliphatic rings. The predicted molar refractivity (Wildman–Crippen MR) is 78.6 cm³/mol. The quantitative estimate of drug-likeness (QED) is 0.877. The summed E-state index contributed by atoms with van der Waals surface area (Å²) < 4.78 is 7.73. The van der Waals surface area contributed by atoms with Crippen LogP contribution in [0.25, 0.3) is 0 Å². The van der Waals surface area contributed by atoms with Crippen LogP contribution < -0.4 is 4.74 Å². The highest BCUT2D eigenvalue weighted by Crippen LogP contribution is 2.25. The molecule has 0 amide bonds. The minimum atomic E-state index is -0.538. The molecule has 108 valence electrons. The van der Waals surface area contributed by atoms with E-state index in [-0.39, 0.29) is 0 Å². The number of benzene rings is 1. The second-order valence-corrected chi connectivity index (χ2v) is 5.05. The van der Waals surface area contributed by atoms with Crippen LogP contribution in [0.1, 0.15) is 50.6 Å². The summed E-state index contributed by atoms with van der Waals surface area (Å²) in [6.45, 7) is 6.43. The van der Waals surface area contributed by atoms with E-state index in [4.69, 9.17) is 4.74 Å². The molecule has 0 spiro atoms. The summed E-state index contributed by atoms with van der Waals surface area (Å²) in [6.07, 6.45) is 2.49. The number of aliphatic hydroxyl groups excluding tert-OH is 1. The lowest BCUT2D eigenvalue weighted by molar-refractivity contribution is 0.189. The number of nitrogens with zero attached hydrogens (tertiary/aromatic N) is 2. The standard InChI is InChI=1S/C16H22N2O2/c1-4-12(2)18-10-9-14(17-18)11-20-16-8-6-5-7-15(16)13(3)19/h5-10,12-13,19H,4,11H2,1-3H3. The van der Waals surface area contributed by atoms with Crippen LogP contribution in [0, 0.1) is 0 Å². The molecule has 2 unspecified atom stereocenters. The van der Waals surface area contributed by atoms with Crippen molar-refractivity contribution in [1.29, 1.82) is 0 Å². The Kier molecular flexibility index (Phi) is 4.79. The monoisotopic (exact) mass is 274 g/mol. The van der Waals surface area contributed by atoms with E-state index in [0.29, 0.717) is 18.4 Å². The molecule has 2 rings (SSSR count). The molecule has 4 heteroatoms. The molecule has 2 aromatic rings.